The number of para-hydroxylation sites is 1. The zero-order chi connectivity index (χ0) is 13.9. The molecule has 2 heteroatoms. The van der Waals surface area contributed by atoms with E-state index in [9.17, 15) is 5.26 Å². The minimum absolute atomic E-state index is 0.741. The topological polar surface area (TPSA) is 28.7 Å². The van der Waals surface area contributed by atoms with E-state index in [1.807, 2.05) is 24.4 Å². The predicted molar refractivity (Wildman–Crippen MR) is 81.6 cm³/mol. The first-order valence-corrected chi connectivity index (χ1v) is 6.87. The van der Waals surface area contributed by atoms with E-state index in [-0.39, 0.29) is 0 Å². The van der Waals surface area contributed by atoms with Crippen LogP contribution in [0.2, 0.25) is 0 Å². The molecular formula is C18H16N2. The summed E-state index contributed by atoms with van der Waals surface area (Å²) in [6, 6.07) is 19.0. The molecule has 0 aliphatic carbocycles. The third kappa shape index (κ3) is 2.19. The number of nitrogens with zero attached hydrogens (tertiary/aromatic N) is 2. The lowest BCUT2D eigenvalue weighted by Crippen LogP contribution is -1.97. The number of aryl methyl sites for hydroxylation is 1. The minimum Gasteiger partial charge on any atom is -0.342 e. The van der Waals surface area contributed by atoms with Crippen LogP contribution in [0.5, 0.6) is 0 Å². The molecule has 0 atom stereocenters. The quantitative estimate of drug-likeness (QED) is 0.696. The van der Waals surface area contributed by atoms with Crippen molar-refractivity contribution in [3.05, 3.63) is 71.4 Å². The van der Waals surface area contributed by atoms with Crippen molar-refractivity contribution in [2.75, 3.05) is 0 Å². The fraction of sp³-hybridized carbons (Fsp3) is 0.167. The maximum atomic E-state index is 9.22. The summed E-state index contributed by atoms with van der Waals surface area (Å²) < 4.78 is 2.15. The van der Waals surface area contributed by atoms with Crippen molar-refractivity contribution in [2.24, 2.45) is 0 Å². The largest absolute Gasteiger partial charge is 0.342 e. The van der Waals surface area contributed by atoms with Gasteiger partial charge in [-0.25, -0.2) is 0 Å². The summed E-state index contributed by atoms with van der Waals surface area (Å²) in [5.41, 5.74) is 4.46. The molecule has 0 aliphatic heterocycles. The number of hydrogen-bond donors (Lipinski definition) is 0. The van der Waals surface area contributed by atoms with Crippen molar-refractivity contribution in [1.82, 2.24) is 4.57 Å². The number of rotatable bonds is 3. The van der Waals surface area contributed by atoms with Crippen LogP contribution in [-0.4, -0.2) is 4.57 Å². The monoisotopic (exact) mass is 260 g/mol. The van der Waals surface area contributed by atoms with E-state index < -0.39 is 0 Å². The van der Waals surface area contributed by atoms with Gasteiger partial charge < -0.3 is 4.57 Å². The summed E-state index contributed by atoms with van der Waals surface area (Å²) >= 11 is 0. The minimum atomic E-state index is 0.741. The summed E-state index contributed by atoms with van der Waals surface area (Å²) in [6.45, 7) is 2.96. The lowest BCUT2D eigenvalue weighted by molar-refractivity contribution is 0.835. The standard InChI is InChI=1S/C18H16N2/c1-2-14-7-9-15(10-8-14)12-20-13-16(11-19)17-5-3-4-6-18(17)20/h3-10,13H,2,12H2,1H3. The van der Waals surface area contributed by atoms with E-state index in [0.717, 1.165) is 29.4 Å². The second kappa shape index (κ2) is 5.22. The van der Waals surface area contributed by atoms with Crippen LogP contribution in [0.4, 0.5) is 0 Å². The summed E-state index contributed by atoms with van der Waals surface area (Å²) in [5.74, 6) is 0. The van der Waals surface area contributed by atoms with Crippen LogP contribution in [0, 0.1) is 11.3 Å². The molecule has 3 rings (SSSR count). The van der Waals surface area contributed by atoms with Gasteiger partial charge in [-0.2, -0.15) is 5.26 Å². The van der Waals surface area contributed by atoms with Crippen molar-refractivity contribution in [2.45, 2.75) is 19.9 Å². The van der Waals surface area contributed by atoms with Crippen molar-refractivity contribution in [3.8, 4) is 6.07 Å². The van der Waals surface area contributed by atoms with Crippen LogP contribution in [0.25, 0.3) is 10.9 Å². The van der Waals surface area contributed by atoms with Crippen molar-refractivity contribution >= 4 is 10.9 Å². The third-order valence-electron chi connectivity index (χ3n) is 3.69. The molecule has 2 nitrogen and oxygen atoms in total. The molecule has 0 saturated heterocycles. The molecule has 0 fully saturated rings. The van der Waals surface area contributed by atoms with Crippen molar-refractivity contribution in [1.29, 1.82) is 5.26 Å². The average molecular weight is 260 g/mol. The first kappa shape index (κ1) is 12.5. The molecule has 3 aromatic rings. The Balaban J connectivity index is 2.00. The zero-order valence-electron chi connectivity index (χ0n) is 11.5. The molecule has 0 saturated carbocycles. The molecule has 20 heavy (non-hydrogen) atoms. The summed E-state index contributed by atoms with van der Waals surface area (Å²) in [4.78, 5) is 0. The molecule has 1 aromatic heterocycles. The Hall–Kier alpha value is -2.53. The Kier molecular flexibility index (Phi) is 3.26. The Morgan fingerprint density at radius 2 is 1.70 bits per heavy atom. The molecule has 0 radical (unpaired) electrons. The van der Waals surface area contributed by atoms with Crippen LogP contribution < -0.4 is 0 Å². The molecule has 0 spiro atoms. The van der Waals surface area contributed by atoms with E-state index in [1.54, 1.807) is 0 Å². The van der Waals surface area contributed by atoms with Crippen LogP contribution >= 0.6 is 0 Å². The highest BCUT2D eigenvalue weighted by molar-refractivity contribution is 5.86. The Morgan fingerprint density at radius 3 is 2.40 bits per heavy atom. The maximum absolute atomic E-state index is 9.22. The second-order valence-corrected chi connectivity index (χ2v) is 4.97. The Labute approximate surface area is 118 Å². The van der Waals surface area contributed by atoms with E-state index in [1.165, 1.54) is 11.1 Å². The van der Waals surface area contributed by atoms with Gasteiger partial charge in [-0.05, 0) is 23.6 Å². The molecule has 0 unspecified atom stereocenters. The fourth-order valence-corrected chi connectivity index (χ4v) is 2.54. The van der Waals surface area contributed by atoms with Crippen LogP contribution in [0.3, 0.4) is 0 Å². The smallest absolute Gasteiger partial charge is 0.101 e. The lowest BCUT2D eigenvalue weighted by atomic mass is 10.1. The Bertz CT molecular complexity index is 773. The molecule has 0 aliphatic rings. The van der Waals surface area contributed by atoms with Gasteiger partial charge in [-0.3, -0.25) is 0 Å². The van der Waals surface area contributed by atoms with Crippen molar-refractivity contribution in [3.63, 3.8) is 0 Å². The molecule has 1 heterocycles. The summed E-state index contributed by atoms with van der Waals surface area (Å²) in [5, 5.41) is 10.2. The summed E-state index contributed by atoms with van der Waals surface area (Å²) in [6.07, 6.45) is 3.00. The maximum Gasteiger partial charge on any atom is 0.101 e. The lowest BCUT2D eigenvalue weighted by Gasteiger charge is -2.06. The third-order valence-corrected chi connectivity index (χ3v) is 3.69. The van der Waals surface area contributed by atoms with Crippen LogP contribution in [0.1, 0.15) is 23.6 Å². The fourth-order valence-electron chi connectivity index (χ4n) is 2.54. The Morgan fingerprint density at radius 1 is 1.00 bits per heavy atom. The van der Waals surface area contributed by atoms with Gasteiger partial charge in [0.05, 0.1) is 5.56 Å². The number of fused-ring (bicyclic) bond motifs is 1. The number of aromatic nitrogens is 1. The van der Waals surface area contributed by atoms with Crippen LogP contribution in [-0.2, 0) is 13.0 Å². The average Bonchev–Trinajstić information content (AvgIpc) is 2.86. The van der Waals surface area contributed by atoms with E-state index >= 15 is 0 Å². The molecule has 0 bridgehead atoms. The van der Waals surface area contributed by atoms with Crippen molar-refractivity contribution < 1.29 is 0 Å². The van der Waals surface area contributed by atoms with E-state index in [2.05, 4.69) is 47.9 Å². The van der Waals surface area contributed by atoms with E-state index in [0.29, 0.717) is 0 Å². The highest BCUT2D eigenvalue weighted by Crippen LogP contribution is 2.21. The first-order chi connectivity index (χ1) is 9.81. The number of hydrogen-bond acceptors (Lipinski definition) is 1. The second-order valence-electron chi connectivity index (χ2n) is 4.97. The molecule has 98 valence electrons. The number of nitriles is 1. The highest BCUT2D eigenvalue weighted by atomic mass is 15.0. The first-order valence-electron chi connectivity index (χ1n) is 6.87. The van der Waals surface area contributed by atoms with Gasteiger partial charge in [0.2, 0.25) is 0 Å². The van der Waals surface area contributed by atoms with Crippen LogP contribution in [0.15, 0.2) is 54.7 Å². The molecule has 0 amide bonds. The predicted octanol–water partition coefficient (Wildman–Crippen LogP) is 4.12. The van der Waals surface area contributed by atoms with Gasteiger partial charge in [-0.15, -0.1) is 0 Å². The summed E-state index contributed by atoms with van der Waals surface area (Å²) in [7, 11) is 0. The van der Waals surface area contributed by atoms with Gasteiger partial charge in [0.25, 0.3) is 0 Å². The van der Waals surface area contributed by atoms with E-state index in [4.69, 9.17) is 0 Å². The van der Waals surface area contributed by atoms with Gasteiger partial charge in [0.1, 0.15) is 6.07 Å². The van der Waals surface area contributed by atoms with Gasteiger partial charge in [0, 0.05) is 23.6 Å². The van der Waals surface area contributed by atoms with Gasteiger partial charge in [0.15, 0.2) is 0 Å². The van der Waals surface area contributed by atoms with Gasteiger partial charge in [-0.1, -0.05) is 49.4 Å². The zero-order valence-corrected chi connectivity index (χ0v) is 11.5. The SMILES string of the molecule is CCc1ccc(Cn2cc(C#N)c3ccccc32)cc1. The normalized spacial score (nSPS) is 10.6. The number of benzene rings is 2. The highest BCUT2D eigenvalue weighted by Gasteiger charge is 2.07. The molecule has 0 N–H and O–H groups in total. The van der Waals surface area contributed by atoms with Gasteiger partial charge >= 0.3 is 0 Å². The molecule has 2 aromatic carbocycles. The molecular weight excluding hydrogens is 244 g/mol.